The van der Waals surface area contributed by atoms with E-state index in [2.05, 4.69) is 16.6 Å². The Morgan fingerprint density at radius 2 is 2.12 bits per heavy atom. The van der Waals surface area contributed by atoms with Crippen molar-refractivity contribution in [3.8, 4) is 0 Å². The Balaban J connectivity index is 2.75. The van der Waals surface area contributed by atoms with Gasteiger partial charge in [0.05, 0.1) is 12.7 Å². The number of thioether (sulfide) groups is 1. The molecule has 0 aliphatic heterocycles. The second-order valence-electron chi connectivity index (χ2n) is 2.83. The standard InChI is InChI=1S/C10H8F3O3S/c1-15-6-16-9(14)7-3-2-4-8(5-7)17-10(11,12)13/h2-5H,1,6H2. The Morgan fingerprint density at radius 3 is 2.71 bits per heavy atom. The van der Waals surface area contributed by atoms with Gasteiger partial charge in [-0.2, -0.15) is 13.2 Å². The van der Waals surface area contributed by atoms with E-state index in [4.69, 9.17) is 0 Å². The van der Waals surface area contributed by atoms with E-state index in [0.717, 1.165) is 6.07 Å². The molecule has 0 spiro atoms. The van der Waals surface area contributed by atoms with Gasteiger partial charge in [-0.25, -0.2) is 4.79 Å². The molecule has 0 fully saturated rings. The van der Waals surface area contributed by atoms with Crippen LogP contribution in [0.5, 0.6) is 0 Å². The van der Waals surface area contributed by atoms with Crippen molar-refractivity contribution in [3.63, 3.8) is 0 Å². The second-order valence-corrected chi connectivity index (χ2v) is 3.97. The van der Waals surface area contributed by atoms with Gasteiger partial charge in [0.25, 0.3) is 0 Å². The Labute approximate surface area is 99.9 Å². The predicted octanol–water partition coefficient (Wildman–Crippen LogP) is 3.22. The van der Waals surface area contributed by atoms with Crippen LogP contribution < -0.4 is 0 Å². The number of hydrogen-bond donors (Lipinski definition) is 0. The van der Waals surface area contributed by atoms with Crippen LogP contribution in [0.2, 0.25) is 0 Å². The lowest BCUT2D eigenvalue weighted by molar-refractivity contribution is -0.0328. The molecule has 1 rings (SSSR count). The topological polar surface area (TPSA) is 35.5 Å². The highest BCUT2D eigenvalue weighted by Gasteiger charge is 2.29. The van der Waals surface area contributed by atoms with Gasteiger partial charge in [-0.3, -0.25) is 0 Å². The molecule has 3 nitrogen and oxygen atoms in total. The lowest BCUT2D eigenvalue weighted by atomic mass is 10.2. The van der Waals surface area contributed by atoms with Gasteiger partial charge in [0, 0.05) is 4.90 Å². The molecule has 7 heteroatoms. The van der Waals surface area contributed by atoms with Crippen molar-refractivity contribution in [1.29, 1.82) is 0 Å². The zero-order valence-corrected chi connectivity index (χ0v) is 9.31. The molecule has 1 radical (unpaired) electrons. The van der Waals surface area contributed by atoms with E-state index < -0.39 is 11.5 Å². The number of alkyl halides is 3. The molecule has 17 heavy (non-hydrogen) atoms. The van der Waals surface area contributed by atoms with Crippen LogP contribution in [0.3, 0.4) is 0 Å². The van der Waals surface area contributed by atoms with E-state index in [9.17, 15) is 18.0 Å². The summed E-state index contributed by atoms with van der Waals surface area (Å²) in [6.07, 6.45) is 0. The molecule has 1 aromatic rings. The first-order chi connectivity index (χ1) is 7.92. The molecule has 0 atom stereocenters. The highest BCUT2D eigenvalue weighted by molar-refractivity contribution is 8.00. The molecule has 0 bridgehead atoms. The molecule has 1 aromatic carbocycles. The maximum Gasteiger partial charge on any atom is 0.446 e. The molecule has 93 valence electrons. The van der Waals surface area contributed by atoms with Gasteiger partial charge in [-0.05, 0) is 30.0 Å². The molecule has 0 heterocycles. The first-order valence-corrected chi connectivity index (χ1v) is 5.14. The minimum Gasteiger partial charge on any atom is -0.435 e. The van der Waals surface area contributed by atoms with Crippen LogP contribution >= 0.6 is 11.8 Å². The molecule has 0 aromatic heterocycles. The van der Waals surface area contributed by atoms with E-state index in [1.54, 1.807) is 0 Å². The zero-order valence-electron chi connectivity index (χ0n) is 8.49. The SMILES string of the molecule is [CH2]OCOC(=O)c1cccc(SC(F)(F)F)c1. The molecule has 0 unspecified atom stereocenters. The number of rotatable bonds is 4. The monoisotopic (exact) mass is 265 g/mol. The van der Waals surface area contributed by atoms with Crippen LogP contribution in [-0.2, 0) is 9.47 Å². The van der Waals surface area contributed by atoms with Gasteiger partial charge < -0.3 is 9.47 Å². The molecule has 0 N–H and O–H groups in total. The average molecular weight is 265 g/mol. The molecular weight excluding hydrogens is 257 g/mol. The van der Waals surface area contributed by atoms with Crippen LogP contribution in [-0.4, -0.2) is 18.3 Å². The third-order valence-corrected chi connectivity index (χ3v) is 2.30. The van der Waals surface area contributed by atoms with Crippen molar-refractivity contribution in [3.05, 3.63) is 36.9 Å². The smallest absolute Gasteiger partial charge is 0.435 e. The predicted molar refractivity (Wildman–Crippen MR) is 55.1 cm³/mol. The summed E-state index contributed by atoms with van der Waals surface area (Å²) in [6.45, 7) is -0.352. The van der Waals surface area contributed by atoms with Crippen molar-refractivity contribution in [2.45, 2.75) is 10.4 Å². The molecule has 0 saturated heterocycles. The third-order valence-electron chi connectivity index (χ3n) is 1.58. The van der Waals surface area contributed by atoms with Crippen molar-refractivity contribution >= 4 is 17.7 Å². The first kappa shape index (κ1) is 13.9. The minimum atomic E-state index is -4.39. The lowest BCUT2D eigenvalue weighted by Gasteiger charge is -2.07. The molecular formula is C10H8F3O3S. The molecule has 0 aliphatic carbocycles. The summed E-state index contributed by atoms with van der Waals surface area (Å²) in [5.74, 6) is -0.765. The first-order valence-electron chi connectivity index (χ1n) is 4.32. The quantitative estimate of drug-likeness (QED) is 0.475. The number of hydrogen-bond acceptors (Lipinski definition) is 4. The van der Waals surface area contributed by atoms with Crippen LogP contribution in [0.4, 0.5) is 13.2 Å². The van der Waals surface area contributed by atoms with Gasteiger partial charge >= 0.3 is 11.5 Å². The summed E-state index contributed by atoms with van der Waals surface area (Å²) in [5, 5.41) is 0. The fourth-order valence-electron chi connectivity index (χ4n) is 0.999. The number of esters is 1. The van der Waals surface area contributed by atoms with Crippen molar-refractivity contribution < 1.29 is 27.4 Å². The van der Waals surface area contributed by atoms with Crippen LogP contribution in [0.1, 0.15) is 10.4 Å². The third kappa shape index (κ3) is 5.10. The molecule has 0 saturated carbocycles. The summed E-state index contributed by atoms with van der Waals surface area (Å²) in [6, 6.07) is 5.05. The Bertz CT molecular complexity index is 393. The van der Waals surface area contributed by atoms with Gasteiger partial charge in [-0.15, -0.1) is 0 Å². The Kier molecular flexibility index (Phi) is 4.83. The number of carbonyl (C=O) groups excluding carboxylic acids is 1. The fourth-order valence-corrected chi connectivity index (χ4v) is 1.60. The zero-order chi connectivity index (χ0) is 12.9. The maximum absolute atomic E-state index is 12.1. The summed E-state index contributed by atoms with van der Waals surface area (Å²) in [7, 11) is 2.99. The second kappa shape index (κ2) is 5.92. The highest BCUT2D eigenvalue weighted by Crippen LogP contribution is 2.36. The van der Waals surface area contributed by atoms with Crippen molar-refractivity contribution in [2.75, 3.05) is 6.79 Å². The van der Waals surface area contributed by atoms with E-state index in [0.29, 0.717) is 0 Å². The van der Waals surface area contributed by atoms with Gasteiger partial charge in [-0.1, -0.05) is 6.07 Å². The maximum atomic E-state index is 12.1. The molecule has 0 amide bonds. The lowest BCUT2D eigenvalue weighted by Crippen LogP contribution is -2.07. The average Bonchev–Trinajstić information content (AvgIpc) is 2.24. The van der Waals surface area contributed by atoms with E-state index >= 15 is 0 Å². The minimum absolute atomic E-state index is 0.0244. The number of carbonyl (C=O) groups is 1. The normalized spacial score (nSPS) is 11.3. The fraction of sp³-hybridized carbons (Fsp3) is 0.200. The van der Waals surface area contributed by atoms with Crippen molar-refractivity contribution in [2.24, 2.45) is 0 Å². The van der Waals surface area contributed by atoms with Gasteiger partial charge in [0.2, 0.25) is 0 Å². The van der Waals surface area contributed by atoms with Gasteiger partial charge in [0.1, 0.15) is 0 Å². The summed E-state index contributed by atoms with van der Waals surface area (Å²) in [5.41, 5.74) is -4.37. The summed E-state index contributed by atoms with van der Waals surface area (Å²) in [4.78, 5) is 11.2. The molecule has 0 aliphatic rings. The van der Waals surface area contributed by atoms with E-state index in [1.807, 2.05) is 0 Å². The van der Waals surface area contributed by atoms with Gasteiger partial charge in [0.15, 0.2) is 6.79 Å². The van der Waals surface area contributed by atoms with Crippen LogP contribution in [0.25, 0.3) is 0 Å². The van der Waals surface area contributed by atoms with Crippen LogP contribution in [0.15, 0.2) is 29.2 Å². The van der Waals surface area contributed by atoms with E-state index in [1.165, 1.54) is 18.2 Å². The van der Waals surface area contributed by atoms with Crippen LogP contribution in [0, 0.1) is 7.11 Å². The number of ether oxygens (including phenoxy) is 2. The number of benzene rings is 1. The Hall–Kier alpha value is -1.21. The highest BCUT2D eigenvalue weighted by atomic mass is 32.2. The number of halogens is 3. The summed E-state index contributed by atoms with van der Waals surface area (Å²) >= 11 is -0.295. The largest absolute Gasteiger partial charge is 0.446 e. The Morgan fingerprint density at radius 1 is 1.41 bits per heavy atom. The summed E-state index contributed by atoms with van der Waals surface area (Å²) < 4.78 is 45.1. The van der Waals surface area contributed by atoms with Crippen molar-refractivity contribution in [1.82, 2.24) is 0 Å². The van der Waals surface area contributed by atoms with E-state index in [-0.39, 0.29) is 29.0 Å².